The van der Waals surface area contributed by atoms with Gasteiger partial charge in [-0.1, -0.05) is 25.6 Å². The van der Waals surface area contributed by atoms with Crippen molar-refractivity contribution in [1.82, 2.24) is 20.1 Å². The number of aromatic amines is 1. The van der Waals surface area contributed by atoms with Crippen molar-refractivity contribution in [3.63, 3.8) is 0 Å². The van der Waals surface area contributed by atoms with Crippen molar-refractivity contribution in [2.45, 2.75) is 25.4 Å². The van der Waals surface area contributed by atoms with E-state index in [2.05, 4.69) is 29.2 Å². The van der Waals surface area contributed by atoms with Crippen LogP contribution in [0.5, 0.6) is 0 Å². The van der Waals surface area contributed by atoms with Gasteiger partial charge >= 0.3 is 11.1 Å². The van der Waals surface area contributed by atoms with Crippen molar-refractivity contribution < 1.29 is 0 Å². The maximum atomic E-state index is 11.2. The predicted octanol–water partition coefficient (Wildman–Crippen LogP) is 0.196. The molecule has 0 saturated carbocycles. The summed E-state index contributed by atoms with van der Waals surface area (Å²) in [6, 6.07) is 0. The molecule has 6 nitrogen and oxygen atoms in total. The Morgan fingerprint density at radius 2 is 2.22 bits per heavy atom. The summed E-state index contributed by atoms with van der Waals surface area (Å²) in [6.45, 7) is 6.23. The Morgan fingerprint density at radius 3 is 2.89 bits per heavy atom. The predicted molar refractivity (Wildman–Crippen MR) is 73.1 cm³/mol. The molecule has 1 aromatic heterocycles. The van der Waals surface area contributed by atoms with Crippen LogP contribution in [-0.4, -0.2) is 33.6 Å². The highest BCUT2D eigenvalue weighted by Crippen LogP contribution is 2.15. The molecule has 0 saturated heterocycles. The third-order valence-corrected chi connectivity index (χ3v) is 3.72. The standard InChI is InChI=1S/C11H20N4O2S/c1-4-5-12-6-8(2)7-18-11-13-9(16)10(17)14-15(11)3/h8,12H,4-7H2,1-3H3,(H,14,17). The topological polar surface area (TPSA) is 79.8 Å². The van der Waals surface area contributed by atoms with Gasteiger partial charge in [0.1, 0.15) is 0 Å². The van der Waals surface area contributed by atoms with E-state index in [9.17, 15) is 9.59 Å². The average molecular weight is 272 g/mol. The van der Waals surface area contributed by atoms with Crippen molar-refractivity contribution >= 4 is 11.8 Å². The lowest BCUT2D eigenvalue weighted by Crippen LogP contribution is -2.34. The second-order valence-corrected chi connectivity index (χ2v) is 5.31. The highest BCUT2D eigenvalue weighted by molar-refractivity contribution is 7.99. The molecule has 1 aromatic rings. The normalized spacial score (nSPS) is 12.6. The number of hydrogen-bond donors (Lipinski definition) is 2. The second kappa shape index (κ2) is 7.38. The molecule has 1 heterocycles. The summed E-state index contributed by atoms with van der Waals surface area (Å²) in [7, 11) is 1.68. The zero-order valence-electron chi connectivity index (χ0n) is 11.0. The minimum atomic E-state index is -0.729. The van der Waals surface area contributed by atoms with Gasteiger partial charge < -0.3 is 5.32 Å². The van der Waals surface area contributed by atoms with Crippen molar-refractivity contribution in [3.05, 3.63) is 20.7 Å². The van der Waals surface area contributed by atoms with Gasteiger partial charge in [0.25, 0.3) is 0 Å². The van der Waals surface area contributed by atoms with Gasteiger partial charge in [0.2, 0.25) is 0 Å². The van der Waals surface area contributed by atoms with Crippen LogP contribution in [-0.2, 0) is 7.05 Å². The van der Waals surface area contributed by atoms with E-state index in [4.69, 9.17) is 0 Å². The first kappa shape index (κ1) is 15.0. The molecule has 1 rings (SSSR count). The van der Waals surface area contributed by atoms with Gasteiger partial charge in [-0.25, -0.2) is 0 Å². The number of aryl methyl sites for hydroxylation is 1. The fourth-order valence-electron chi connectivity index (χ4n) is 1.39. The minimum Gasteiger partial charge on any atom is -0.316 e. The molecular weight excluding hydrogens is 252 g/mol. The first-order valence-electron chi connectivity index (χ1n) is 6.05. The van der Waals surface area contributed by atoms with E-state index in [-0.39, 0.29) is 0 Å². The molecule has 1 unspecified atom stereocenters. The summed E-state index contributed by atoms with van der Waals surface area (Å²) in [5.41, 5.74) is -1.41. The van der Waals surface area contributed by atoms with E-state index in [1.807, 2.05) is 0 Å². The van der Waals surface area contributed by atoms with E-state index in [1.165, 1.54) is 16.4 Å². The highest BCUT2D eigenvalue weighted by atomic mass is 32.2. The molecule has 0 aliphatic rings. The summed E-state index contributed by atoms with van der Waals surface area (Å²) < 4.78 is 1.49. The van der Waals surface area contributed by atoms with E-state index in [1.54, 1.807) is 7.05 Å². The Bertz CT molecular complexity index is 483. The molecule has 7 heteroatoms. The molecule has 0 bridgehead atoms. The molecular formula is C11H20N4O2S. The van der Waals surface area contributed by atoms with Crippen LogP contribution in [0.15, 0.2) is 14.7 Å². The molecule has 0 aromatic carbocycles. The van der Waals surface area contributed by atoms with E-state index in [0.29, 0.717) is 11.1 Å². The minimum absolute atomic E-state index is 0.477. The summed E-state index contributed by atoms with van der Waals surface area (Å²) >= 11 is 1.48. The van der Waals surface area contributed by atoms with Gasteiger partial charge in [0.05, 0.1) is 0 Å². The monoisotopic (exact) mass is 272 g/mol. The Morgan fingerprint density at radius 1 is 1.50 bits per heavy atom. The van der Waals surface area contributed by atoms with Gasteiger partial charge in [-0.15, -0.1) is 0 Å². The zero-order valence-corrected chi connectivity index (χ0v) is 11.8. The third-order valence-electron chi connectivity index (χ3n) is 2.36. The smallest absolute Gasteiger partial charge is 0.316 e. The zero-order chi connectivity index (χ0) is 13.5. The SMILES string of the molecule is CCCNCC(C)CSc1nc(=O)c(=O)[nH]n1C. The lowest BCUT2D eigenvalue weighted by Gasteiger charge is -2.12. The van der Waals surface area contributed by atoms with Gasteiger partial charge in [-0.05, 0) is 25.4 Å². The first-order chi connectivity index (χ1) is 8.54. The Labute approximate surface area is 110 Å². The van der Waals surface area contributed by atoms with Crippen LogP contribution in [0.4, 0.5) is 0 Å². The average Bonchev–Trinajstić information content (AvgIpc) is 2.32. The maximum Gasteiger partial charge on any atom is 0.339 e. The highest BCUT2D eigenvalue weighted by Gasteiger charge is 2.07. The molecule has 0 amide bonds. The van der Waals surface area contributed by atoms with Crippen LogP contribution in [0.3, 0.4) is 0 Å². The van der Waals surface area contributed by atoms with E-state index >= 15 is 0 Å². The molecule has 0 radical (unpaired) electrons. The summed E-state index contributed by atoms with van der Waals surface area (Å²) in [6.07, 6.45) is 1.12. The first-order valence-corrected chi connectivity index (χ1v) is 7.04. The largest absolute Gasteiger partial charge is 0.339 e. The number of aromatic nitrogens is 3. The van der Waals surface area contributed by atoms with Crippen molar-refractivity contribution in [1.29, 1.82) is 0 Å². The van der Waals surface area contributed by atoms with Gasteiger partial charge in [-0.2, -0.15) is 4.98 Å². The number of hydrogen-bond acceptors (Lipinski definition) is 5. The molecule has 0 fully saturated rings. The van der Waals surface area contributed by atoms with Crippen molar-refractivity contribution in [2.75, 3.05) is 18.8 Å². The number of nitrogens with one attached hydrogen (secondary N) is 2. The van der Waals surface area contributed by atoms with Crippen LogP contribution >= 0.6 is 11.8 Å². The van der Waals surface area contributed by atoms with Crippen LogP contribution in [0.25, 0.3) is 0 Å². The van der Waals surface area contributed by atoms with Crippen molar-refractivity contribution in [3.8, 4) is 0 Å². The van der Waals surface area contributed by atoms with Gasteiger partial charge in [0.15, 0.2) is 5.16 Å². The number of thioether (sulfide) groups is 1. The molecule has 2 N–H and O–H groups in total. The Kier molecular flexibility index (Phi) is 6.14. The number of rotatable bonds is 7. The Hall–Kier alpha value is -1.08. The summed E-state index contributed by atoms with van der Waals surface area (Å²) in [4.78, 5) is 25.9. The van der Waals surface area contributed by atoms with Crippen LogP contribution in [0.2, 0.25) is 0 Å². The molecule has 102 valence electrons. The van der Waals surface area contributed by atoms with E-state index < -0.39 is 11.1 Å². The Balaban J connectivity index is 2.51. The fourth-order valence-corrected chi connectivity index (χ4v) is 2.33. The van der Waals surface area contributed by atoms with E-state index in [0.717, 1.165) is 25.3 Å². The molecule has 0 aliphatic carbocycles. The van der Waals surface area contributed by atoms with Crippen LogP contribution in [0, 0.1) is 5.92 Å². The summed E-state index contributed by atoms with van der Waals surface area (Å²) in [5.74, 6) is 1.33. The number of nitrogens with zero attached hydrogens (tertiary/aromatic N) is 2. The quantitative estimate of drug-likeness (QED) is 0.421. The van der Waals surface area contributed by atoms with Crippen LogP contribution in [0.1, 0.15) is 20.3 Å². The lowest BCUT2D eigenvalue weighted by molar-refractivity contribution is 0.553. The number of H-pyrrole nitrogens is 1. The second-order valence-electron chi connectivity index (χ2n) is 4.32. The summed E-state index contributed by atoms with van der Waals surface area (Å²) in [5, 5.41) is 6.32. The van der Waals surface area contributed by atoms with Gasteiger partial charge in [0, 0.05) is 12.8 Å². The lowest BCUT2D eigenvalue weighted by atomic mass is 10.2. The van der Waals surface area contributed by atoms with Gasteiger partial charge in [-0.3, -0.25) is 19.4 Å². The molecule has 0 spiro atoms. The molecule has 1 atom stereocenters. The maximum absolute atomic E-state index is 11.2. The fraction of sp³-hybridized carbons (Fsp3) is 0.727. The third kappa shape index (κ3) is 4.66. The molecule has 0 aliphatic heterocycles. The van der Waals surface area contributed by atoms with Crippen LogP contribution < -0.4 is 16.4 Å². The molecule has 18 heavy (non-hydrogen) atoms. The van der Waals surface area contributed by atoms with Crippen molar-refractivity contribution in [2.24, 2.45) is 13.0 Å².